The average Bonchev–Trinajstić information content (AvgIpc) is 2.64. The second-order valence-electron chi connectivity index (χ2n) is 6.89. The fourth-order valence-corrected chi connectivity index (χ4v) is 3.38. The summed E-state index contributed by atoms with van der Waals surface area (Å²) in [5, 5.41) is 2.87. The van der Waals surface area contributed by atoms with Crippen molar-refractivity contribution in [3.8, 4) is 0 Å². The highest BCUT2D eigenvalue weighted by Crippen LogP contribution is 2.19. The second kappa shape index (κ2) is 10.5. The number of nitrogens with one attached hydrogen (secondary N) is 2. The lowest BCUT2D eigenvalue weighted by atomic mass is 10.1. The number of aromatic nitrogens is 1. The van der Waals surface area contributed by atoms with Gasteiger partial charge in [-0.3, -0.25) is 4.98 Å². The largest absolute Gasteiger partial charge is 0.384 e. The zero-order chi connectivity index (χ0) is 20.6. The fraction of sp³-hybridized carbons (Fsp3) is 0.450. The third-order valence-electron chi connectivity index (χ3n) is 4.36. The summed E-state index contributed by atoms with van der Waals surface area (Å²) >= 11 is 0. The summed E-state index contributed by atoms with van der Waals surface area (Å²) < 4.78 is 52.9. The molecule has 2 N–H and O–H groups in total. The van der Waals surface area contributed by atoms with Gasteiger partial charge in [0.1, 0.15) is 11.6 Å². The Bertz CT molecular complexity index is 874. The lowest BCUT2D eigenvalue weighted by Gasteiger charge is -2.12. The van der Waals surface area contributed by atoms with Crippen molar-refractivity contribution in [1.82, 2.24) is 9.71 Å². The van der Waals surface area contributed by atoms with Crippen LogP contribution in [0.3, 0.4) is 0 Å². The van der Waals surface area contributed by atoms with Gasteiger partial charge in [-0.2, -0.15) is 0 Å². The molecule has 0 atom stereocenters. The first-order valence-corrected chi connectivity index (χ1v) is 10.9. The van der Waals surface area contributed by atoms with Gasteiger partial charge in [-0.1, -0.05) is 12.5 Å². The third kappa shape index (κ3) is 6.83. The number of halogens is 2. The number of hydrogen-bond donors (Lipinski definition) is 2. The molecule has 0 bridgehead atoms. The molecule has 0 aliphatic carbocycles. The number of hydrogen-bond acceptors (Lipinski definition) is 4. The molecule has 8 heteroatoms. The molecule has 1 heterocycles. The molecular weight excluding hydrogens is 384 g/mol. The minimum Gasteiger partial charge on any atom is -0.384 e. The number of rotatable bonds is 11. The molecule has 0 spiro atoms. The predicted octanol–water partition coefficient (Wildman–Crippen LogP) is 3.86. The average molecular weight is 412 g/mol. The maximum atomic E-state index is 13.9. The lowest BCUT2D eigenvalue weighted by Crippen LogP contribution is -2.31. The Morgan fingerprint density at radius 3 is 2.54 bits per heavy atom. The van der Waals surface area contributed by atoms with Crippen molar-refractivity contribution >= 4 is 15.7 Å². The van der Waals surface area contributed by atoms with E-state index in [9.17, 15) is 17.2 Å². The Labute approximate surface area is 165 Å². The predicted molar refractivity (Wildman–Crippen MR) is 108 cm³/mol. The molecule has 0 unspecified atom stereocenters. The zero-order valence-corrected chi connectivity index (χ0v) is 17.0. The van der Waals surface area contributed by atoms with Crippen LogP contribution in [0.4, 0.5) is 14.5 Å². The summed E-state index contributed by atoms with van der Waals surface area (Å²) in [5.41, 5.74) is 1.89. The molecule has 0 saturated carbocycles. The van der Waals surface area contributed by atoms with Crippen LogP contribution in [0.5, 0.6) is 0 Å². The smallest absolute Gasteiger partial charge is 0.213 e. The molecule has 0 fully saturated rings. The van der Waals surface area contributed by atoms with Crippen molar-refractivity contribution < 1.29 is 17.2 Å². The van der Waals surface area contributed by atoms with Gasteiger partial charge in [-0.15, -0.1) is 0 Å². The molecule has 2 rings (SSSR count). The van der Waals surface area contributed by atoms with Gasteiger partial charge in [0.05, 0.1) is 16.6 Å². The molecule has 154 valence electrons. The van der Waals surface area contributed by atoms with E-state index < -0.39 is 26.9 Å². The normalized spacial score (nSPS) is 11.8. The zero-order valence-electron chi connectivity index (χ0n) is 16.2. The Balaban J connectivity index is 1.79. The standard InChI is InChI=1S/C20H27F2N3O2S/c1-15(2)28(26,27)25-12-5-3-4-10-23-19-7-6-11-24-20(19)13-16-8-9-17(21)14-18(16)22/h6-9,11,14-15,23,25H,3-5,10,12-13H2,1-2H3. The van der Waals surface area contributed by atoms with Crippen molar-refractivity contribution in [3.63, 3.8) is 0 Å². The number of unbranched alkanes of at least 4 members (excludes halogenated alkanes) is 2. The molecule has 1 aromatic carbocycles. The van der Waals surface area contributed by atoms with Crippen LogP contribution in [0.2, 0.25) is 0 Å². The maximum absolute atomic E-state index is 13.9. The number of pyridine rings is 1. The van der Waals surface area contributed by atoms with E-state index >= 15 is 0 Å². The number of nitrogens with zero attached hydrogens (tertiary/aromatic N) is 1. The quantitative estimate of drug-likeness (QED) is 0.551. The highest BCUT2D eigenvalue weighted by molar-refractivity contribution is 7.90. The third-order valence-corrected chi connectivity index (χ3v) is 6.20. The van der Waals surface area contributed by atoms with Crippen LogP contribution >= 0.6 is 0 Å². The molecule has 28 heavy (non-hydrogen) atoms. The SMILES string of the molecule is CC(C)S(=O)(=O)NCCCCCNc1cccnc1Cc1ccc(F)cc1F. The number of benzene rings is 1. The fourth-order valence-electron chi connectivity index (χ4n) is 2.62. The van der Waals surface area contributed by atoms with Gasteiger partial charge < -0.3 is 5.32 Å². The minimum atomic E-state index is -3.20. The van der Waals surface area contributed by atoms with E-state index in [1.54, 1.807) is 26.1 Å². The first kappa shape index (κ1) is 22.2. The topological polar surface area (TPSA) is 71.1 Å². The van der Waals surface area contributed by atoms with Gasteiger partial charge in [-0.25, -0.2) is 21.9 Å². The molecule has 5 nitrogen and oxygen atoms in total. The summed E-state index contributed by atoms with van der Waals surface area (Å²) in [6.45, 7) is 4.43. The van der Waals surface area contributed by atoms with E-state index in [0.717, 1.165) is 31.0 Å². The Hall–Kier alpha value is -2.06. The Morgan fingerprint density at radius 1 is 1.07 bits per heavy atom. The number of sulfonamides is 1. The Morgan fingerprint density at radius 2 is 1.82 bits per heavy atom. The van der Waals surface area contributed by atoms with E-state index in [0.29, 0.717) is 24.3 Å². The molecule has 0 amide bonds. The van der Waals surface area contributed by atoms with E-state index in [1.165, 1.54) is 12.1 Å². The van der Waals surface area contributed by atoms with Gasteiger partial charge in [-0.05, 0) is 50.5 Å². The van der Waals surface area contributed by atoms with Crippen molar-refractivity contribution in [1.29, 1.82) is 0 Å². The van der Waals surface area contributed by atoms with Gasteiger partial charge in [0.25, 0.3) is 0 Å². The van der Waals surface area contributed by atoms with Crippen LogP contribution < -0.4 is 10.0 Å². The summed E-state index contributed by atoms with van der Waals surface area (Å²) in [4.78, 5) is 4.31. The van der Waals surface area contributed by atoms with Crippen molar-refractivity contribution in [2.45, 2.75) is 44.8 Å². The van der Waals surface area contributed by atoms with Crippen LogP contribution in [0.15, 0.2) is 36.5 Å². The maximum Gasteiger partial charge on any atom is 0.213 e. The molecule has 1 aromatic heterocycles. The number of anilines is 1. The van der Waals surface area contributed by atoms with E-state index in [2.05, 4.69) is 15.0 Å². The first-order valence-electron chi connectivity index (χ1n) is 9.40. The molecule has 0 saturated heterocycles. The Kier molecular flexibility index (Phi) is 8.32. The summed E-state index contributed by atoms with van der Waals surface area (Å²) in [6, 6.07) is 7.22. The molecule has 0 aliphatic rings. The van der Waals surface area contributed by atoms with Crippen LogP contribution in [0, 0.1) is 11.6 Å². The van der Waals surface area contributed by atoms with Gasteiger partial charge in [0, 0.05) is 31.8 Å². The molecular formula is C20H27F2N3O2S. The molecule has 0 radical (unpaired) electrons. The summed E-state index contributed by atoms with van der Waals surface area (Å²) in [7, 11) is -3.20. The van der Waals surface area contributed by atoms with Gasteiger partial charge >= 0.3 is 0 Å². The van der Waals surface area contributed by atoms with Crippen LogP contribution in [0.25, 0.3) is 0 Å². The van der Waals surface area contributed by atoms with Crippen molar-refractivity contribution in [2.75, 3.05) is 18.4 Å². The minimum absolute atomic E-state index is 0.270. The first-order chi connectivity index (χ1) is 13.3. The van der Waals surface area contributed by atoms with E-state index in [-0.39, 0.29) is 6.42 Å². The van der Waals surface area contributed by atoms with Crippen LogP contribution in [-0.4, -0.2) is 31.7 Å². The molecule has 0 aliphatic heterocycles. The molecule has 2 aromatic rings. The second-order valence-corrected chi connectivity index (χ2v) is 9.21. The summed E-state index contributed by atoms with van der Waals surface area (Å²) in [5.74, 6) is -1.18. The van der Waals surface area contributed by atoms with Crippen LogP contribution in [0.1, 0.15) is 44.4 Å². The van der Waals surface area contributed by atoms with E-state index in [1.807, 2.05) is 6.07 Å². The van der Waals surface area contributed by atoms with Crippen LogP contribution in [-0.2, 0) is 16.4 Å². The van der Waals surface area contributed by atoms with Crippen molar-refractivity contribution in [2.24, 2.45) is 0 Å². The monoisotopic (exact) mass is 411 g/mol. The van der Waals surface area contributed by atoms with Gasteiger partial charge in [0.15, 0.2) is 0 Å². The van der Waals surface area contributed by atoms with E-state index in [4.69, 9.17) is 0 Å². The summed E-state index contributed by atoms with van der Waals surface area (Å²) in [6.07, 6.45) is 4.40. The van der Waals surface area contributed by atoms with Gasteiger partial charge in [0.2, 0.25) is 10.0 Å². The van der Waals surface area contributed by atoms with Crippen molar-refractivity contribution in [3.05, 3.63) is 59.4 Å². The lowest BCUT2D eigenvalue weighted by molar-refractivity contribution is 0.566. The highest BCUT2D eigenvalue weighted by atomic mass is 32.2. The highest BCUT2D eigenvalue weighted by Gasteiger charge is 2.14.